The fraction of sp³-hybridized carbons (Fsp3) is 0.667. The summed E-state index contributed by atoms with van der Waals surface area (Å²) < 4.78 is 16.5. The number of nitrogens with one attached hydrogen (secondary N) is 1. The summed E-state index contributed by atoms with van der Waals surface area (Å²) >= 11 is 0. The van der Waals surface area contributed by atoms with E-state index >= 15 is 0 Å². The maximum Gasteiger partial charge on any atom is 0.329 e. The Morgan fingerprint density at radius 1 is 1.34 bits per heavy atom. The molecular weight excluding hydrogens is 376 g/mol. The Kier molecular flexibility index (Phi) is 9.18. The highest BCUT2D eigenvalue weighted by molar-refractivity contribution is 5.97. The lowest BCUT2D eigenvalue weighted by atomic mass is 10.0. The van der Waals surface area contributed by atoms with Gasteiger partial charge in [-0.2, -0.15) is 0 Å². The number of aromatic hydroxyl groups is 1. The Morgan fingerprint density at radius 3 is 2.83 bits per heavy atom. The number of esters is 1. The average Bonchev–Trinajstić information content (AvgIpc) is 2.76. The minimum Gasteiger partial charge on any atom is -0.503 e. The molecule has 2 N–H and O–H groups in total. The molecule has 2 heterocycles. The predicted octanol–water partition coefficient (Wildman–Crippen LogP) is 2.98. The summed E-state index contributed by atoms with van der Waals surface area (Å²) in [5.74, 6) is -1.38. The van der Waals surface area contributed by atoms with Crippen LogP contribution in [0.25, 0.3) is 0 Å². The lowest BCUT2D eigenvalue weighted by Crippen LogP contribution is -2.44. The molecule has 0 saturated carbocycles. The number of rotatable bonds is 8. The van der Waals surface area contributed by atoms with Crippen molar-refractivity contribution < 1.29 is 28.9 Å². The zero-order valence-corrected chi connectivity index (χ0v) is 17.5. The van der Waals surface area contributed by atoms with Crippen LogP contribution in [0.5, 0.6) is 11.5 Å². The van der Waals surface area contributed by atoms with E-state index in [0.717, 1.165) is 38.5 Å². The maximum atomic E-state index is 12.6. The first kappa shape index (κ1) is 22.9. The first-order chi connectivity index (χ1) is 14.0. The van der Waals surface area contributed by atoms with Gasteiger partial charge in [0.1, 0.15) is 12.1 Å². The van der Waals surface area contributed by atoms with Crippen LogP contribution in [0.15, 0.2) is 12.3 Å². The zero-order chi connectivity index (χ0) is 21.2. The number of amides is 1. The zero-order valence-electron chi connectivity index (χ0n) is 17.5. The third-order valence-corrected chi connectivity index (χ3v) is 5.05. The van der Waals surface area contributed by atoms with Crippen LogP contribution in [0.2, 0.25) is 0 Å². The van der Waals surface area contributed by atoms with Crippen molar-refractivity contribution in [3.63, 3.8) is 0 Å². The van der Waals surface area contributed by atoms with E-state index < -0.39 is 24.0 Å². The number of carbonyl (C=O) groups excluding carboxylic acids is 2. The number of ether oxygens (including phenoxy) is 3. The molecular formula is C21H32N2O6. The Morgan fingerprint density at radius 2 is 2.10 bits per heavy atom. The number of hydrogen-bond acceptors (Lipinski definition) is 7. The summed E-state index contributed by atoms with van der Waals surface area (Å²) in [7, 11) is 1.38. The van der Waals surface area contributed by atoms with Crippen LogP contribution in [-0.4, -0.2) is 53.9 Å². The molecule has 0 aromatic carbocycles. The van der Waals surface area contributed by atoms with E-state index in [-0.39, 0.29) is 23.3 Å². The number of hydrogen-bond donors (Lipinski definition) is 2. The van der Waals surface area contributed by atoms with Gasteiger partial charge < -0.3 is 24.6 Å². The van der Waals surface area contributed by atoms with Gasteiger partial charge >= 0.3 is 5.97 Å². The molecule has 1 aliphatic rings. The van der Waals surface area contributed by atoms with Crippen LogP contribution in [0.4, 0.5) is 0 Å². The van der Waals surface area contributed by atoms with Crippen molar-refractivity contribution >= 4 is 11.9 Å². The van der Waals surface area contributed by atoms with Crippen molar-refractivity contribution in [3.8, 4) is 11.5 Å². The van der Waals surface area contributed by atoms with Crippen molar-refractivity contribution in [1.29, 1.82) is 0 Å². The Hall–Kier alpha value is -2.35. The second kappa shape index (κ2) is 11.6. The van der Waals surface area contributed by atoms with Gasteiger partial charge in [0.05, 0.1) is 13.2 Å². The smallest absolute Gasteiger partial charge is 0.329 e. The summed E-state index contributed by atoms with van der Waals surface area (Å²) in [6, 6.07) is 0.638. The molecule has 0 radical (unpaired) electrons. The summed E-state index contributed by atoms with van der Waals surface area (Å²) in [4.78, 5) is 29.1. The predicted molar refractivity (Wildman–Crippen MR) is 107 cm³/mol. The third-order valence-electron chi connectivity index (χ3n) is 5.05. The van der Waals surface area contributed by atoms with Crippen molar-refractivity contribution in [1.82, 2.24) is 10.3 Å². The van der Waals surface area contributed by atoms with Crippen molar-refractivity contribution in [2.24, 2.45) is 0 Å². The molecule has 1 saturated heterocycles. The van der Waals surface area contributed by atoms with Crippen LogP contribution in [0.1, 0.15) is 69.3 Å². The minimum atomic E-state index is -0.809. The first-order valence-corrected chi connectivity index (χ1v) is 10.3. The van der Waals surface area contributed by atoms with E-state index in [9.17, 15) is 14.7 Å². The molecule has 8 heteroatoms. The topological polar surface area (TPSA) is 107 Å². The van der Waals surface area contributed by atoms with Gasteiger partial charge in [-0.15, -0.1) is 0 Å². The molecule has 0 aliphatic carbocycles. The number of carbonyl (C=O) groups is 2. The average molecular weight is 408 g/mol. The van der Waals surface area contributed by atoms with Gasteiger partial charge in [0.2, 0.25) is 0 Å². The van der Waals surface area contributed by atoms with E-state index in [1.54, 1.807) is 0 Å². The largest absolute Gasteiger partial charge is 0.503 e. The number of methoxy groups -OCH3 is 1. The lowest BCUT2D eigenvalue weighted by molar-refractivity contribution is -0.158. The van der Waals surface area contributed by atoms with Gasteiger partial charge in [0.15, 0.2) is 17.2 Å². The molecule has 0 unspecified atom stereocenters. The highest BCUT2D eigenvalue weighted by Crippen LogP contribution is 2.27. The van der Waals surface area contributed by atoms with E-state index in [1.807, 2.05) is 6.92 Å². The molecule has 162 valence electrons. The normalized spacial score (nSPS) is 22.7. The summed E-state index contributed by atoms with van der Waals surface area (Å²) in [5, 5.41) is 12.8. The number of aromatic nitrogens is 1. The standard InChI is InChI=1S/C21H32N2O6/c1-4-5-8-13-28-16-10-7-6-9-15(21(26)29-14(16)2)23-20(25)18-19(24)17(27-3)11-12-22-18/h11-12,14-16,24H,4-10,13H2,1-3H3,(H,23,25)/t14-,15-,16+/m0/s1. The molecule has 1 fully saturated rings. The first-order valence-electron chi connectivity index (χ1n) is 10.3. The van der Waals surface area contributed by atoms with Crippen LogP contribution >= 0.6 is 0 Å². The Balaban J connectivity index is 2.00. The van der Waals surface area contributed by atoms with Crippen molar-refractivity contribution in [3.05, 3.63) is 18.0 Å². The third kappa shape index (κ3) is 6.59. The van der Waals surface area contributed by atoms with Crippen LogP contribution < -0.4 is 10.1 Å². The van der Waals surface area contributed by atoms with Gasteiger partial charge in [-0.05, 0) is 26.2 Å². The number of unbranched alkanes of at least 4 members (excludes halogenated alkanes) is 2. The molecule has 29 heavy (non-hydrogen) atoms. The van der Waals surface area contributed by atoms with Gasteiger partial charge in [0.25, 0.3) is 5.91 Å². The number of nitrogens with zero attached hydrogens (tertiary/aromatic N) is 1. The fourth-order valence-electron chi connectivity index (χ4n) is 3.32. The second-order valence-electron chi connectivity index (χ2n) is 7.28. The molecule has 1 aromatic heterocycles. The van der Waals surface area contributed by atoms with Gasteiger partial charge in [0, 0.05) is 18.9 Å². The summed E-state index contributed by atoms with van der Waals surface area (Å²) in [6.45, 7) is 4.61. The molecule has 1 amide bonds. The maximum absolute atomic E-state index is 12.6. The molecule has 0 spiro atoms. The lowest BCUT2D eigenvalue weighted by Gasteiger charge is -2.25. The minimum absolute atomic E-state index is 0.138. The SMILES string of the molecule is CCCCCO[C@@H]1CCCC[C@H](NC(=O)c2nccc(OC)c2O)C(=O)O[C@H]1C. The van der Waals surface area contributed by atoms with Crippen LogP contribution in [0, 0.1) is 0 Å². The van der Waals surface area contributed by atoms with Gasteiger partial charge in [-0.3, -0.25) is 4.79 Å². The molecule has 2 rings (SSSR count). The molecule has 8 nitrogen and oxygen atoms in total. The van der Waals surface area contributed by atoms with Crippen molar-refractivity contribution in [2.75, 3.05) is 13.7 Å². The van der Waals surface area contributed by atoms with Gasteiger partial charge in [-0.1, -0.05) is 32.6 Å². The quantitative estimate of drug-likeness (QED) is 0.503. The summed E-state index contributed by atoms with van der Waals surface area (Å²) in [6.07, 6.45) is 6.91. The molecule has 1 aromatic rings. The highest BCUT2D eigenvalue weighted by Gasteiger charge is 2.30. The monoisotopic (exact) mass is 408 g/mol. The summed E-state index contributed by atoms with van der Waals surface area (Å²) in [5.41, 5.74) is -0.192. The van der Waals surface area contributed by atoms with Gasteiger partial charge in [-0.25, -0.2) is 9.78 Å². The van der Waals surface area contributed by atoms with E-state index in [2.05, 4.69) is 17.2 Å². The van der Waals surface area contributed by atoms with E-state index in [0.29, 0.717) is 13.0 Å². The Bertz CT molecular complexity index is 681. The van der Waals surface area contributed by atoms with Crippen molar-refractivity contribution in [2.45, 2.75) is 77.0 Å². The molecule has 0 bridgehead atoms. The fourth-order valence-corrected chi connectivity index (χ4v) is 3.32. The van der Waals surface area contributed by atoms with Crippen LogP contribution in [-0.2, 0) is 14.3 Å². The highest BCUT2D eigenvalue weighted by atomic mass is 16.6. The molecule has 3 atom stereocenters. The number of pyridine rings is 1. The second-order valence-corrected chi connectivity index (χ2v) is 7.28. The Labute approximate surface area is 171 Å². The van der Waals surface area contributed by atoms with Crippen LogP contribution in [0.3, 0.4) is 0 Å². The number of cyclic esters (lactones) is 1. The van der Waals surface area contributed by atoms with E-state index in [1.165, 1.54) is 19.4 Å². The van der Waals surface area contributed by atoms with E-state index in [4.69, 9.17) is 14.2 Å². The molecule has 1 aliphatic heterocycles.